The predicted octanol–water partition coefficient (Wildman–Crippen LogP) is 5.24. The van der Waals surface area contributed by atoms with Gasteiger partial charge in [-0.1, -0.05) is 49.4 Å². The minimum Gasteiger partial charge on any atom is -0.481 e. The molecule has 4 aromatic rings. The minimum absolute atomic E-state index is 0.0568. The lowest BCUT2D eigenvalue weighted by Gasteiger charge is -2.45. The number of hydrogen-bond acceptors (Lipinski definition) is 8. The van der Waals surface area contributed by atoms with Crippen molar-refractivity contribution in [1.82, 2.24) is 9.97 Å². The van der Waals surface area contributed by atoms with E-state index >= 15 is 0 Å². The van der Waals surface area contributed by atoms with E-state index in [-0.39, 0.29) is 24.7 Å². The van der Waals surface area contributed by atoms with Crippen LogP contribution in [-0.4, -0.2) is 36.8 Å². The number of carbonyl (C=O) groups is 1. The lowest BCUT2D eigenvalue weighted by atomic mass is 9.80. The van der Waals surface area contributed by atoms with E-state index in [1.807, 2.05) is 49.4 Å². The number of allylic oxidation sites excluding steroid dienone is 2. The van der Waals surface area contributed by atoms with Gasteiger partial charge in [0.25, 0.3) is 0 Å². The van der Waals surface area contributed by atoms with Crippen LogP contribution in [0.1, 0.15) is 36.1 Å². The molecule has 0 spiro atoms. The molecule has 8 nitrogen and oxygen atoms in total. The molecule has 1 aliphatic rings. The van der Waals surface area contributed by atoms with Crippen molar-refractivity contribution < 1.29 is 24.2 Å². The van der Waals surface area contributed by atoms with Crippen LogP contribution in [0.4, 0.5) is 0 Å². The number of thioether (sulfide) groups is 1. The van der Waals surface area contributed by atoms with Gasteiger partial charge < -0.3 is 19.4 Å². The molecule has 2 aromatic heterocycles. The molecule has 2 aromatic carbocycles. The van der Waals surface area contributed by atoms with Crippen molar-refractivity contribution in [3.63, 3.8) is 0 Å². The molecule has 2 unspecified atom stereocenters. The first-order valence-corrected chi connectivity index (χ1v) is 13.1. The zero-order chi connectivity index (χ0) is 26.8. The largest absolute Gasteiger partial charge is 0.481 e. The first kappa shape index (κ1) is 25.7. The second kappa shape index (κ2) is 10.4. The van der Waals surface area contributed by atoms with Gasteiger partial charge in [-0.3, -0.25) is 9.78 Å². The number of oxazole rings is 1. The van der Waals surface area contributed by atoms with Gasteiger partial charge in [-0.2, -0.15) is 10.2 Å². The molecular weight excluding hydrogens is 502 g/mol. The molecular formula is C29H25N3O5S. The number of carboxylic acid groups (broad SMARTS) is 1. The highest BCUT2D eigenvalue weighted by molar-refractivity contribution is 8.00. The predicted molar refractivity (Wildman–Crippen MR) is 144 cm³/mol. The van der Waals surface area contributed by atoms with Crippen molar-refractivity contribution in [2.24, 2.45) is 0 Å². The Morgan fingerprint density at radius 2 is 1.95 bits per heavy atom. The second-order valence-electron chi connectivity index (χ2n) is 8.85. The highest BCUT2D eigenvalue weighted by atomic mass is 32.2. The van der Waals surface area contributed by atoms with Crippen LogP contribution in [0, 0.1) is 11.3 Å². The van der Waals surface area contributed by atoms with Crippen molar-refractivity contribution in [3.05, 3.63) is 95.5 Å². The Morgan fingerprint density at radius 3 is 2.74 bits per heavy atom. The summed E-state index contributed by atoms with van der Waals surface area (Å²) in [6.07, 6.45) is 7.33. The molecule has 0 saturated carbocycles. The van der Waals surface area contributed by atoms with E-state index in [9.17, 15) is 20.3 Å². The van der Waals surface area contributed by atoms with Gasteiger partial charge in [0.1, 0.15) is 5.52 Å². The van der Waals surface area contributed by atoms with Gasteiger partial charge in [0, 0.05) is 11.1 Å². The third kappa shape index (κ3) is 4.58. The summed E-state index contributed by atoms with van der Waals surface area (Å²) < 4.78 is 12.0. The van der Waals surface area contributed by atoms with Crippen molar-refractivity contribution in [3.8, 4) is 6.07 Å². The molecule has 0 saturated heterocycles. The van der Waals surface area contributed by atoms with Crippen LogP contribution in [0.25, 0.3) is 22.0 Å². The molecule has 2 N–H and O–H groups in total. The van der Waals surface area contributed by atoms with Crippen LogP contribution in [0.5, 0.6) is 0 Å². The number of ether oxygens (including phenoxy) is 1. The van der Waals surface area contributed by atoms with E-state index in [4.69, 9.17) is 14.1 Å². The summed E-state index contributed by atoms with van der Waals surface area (Å²) >= 11 is 1.22. The van der Waals surface area contributed by atoms with Gasteiger partial charge >= 0.3 is 11.9 Å². The number of hydrogen-bond donors (Lipinski definition) is 2. The van der Waals surface area contributed by atoms with Crippen LogP contribution in [0.2, 0.25) is 0 Å². The molecule has 0 aliphatic heterocycles. The number of aromatic nitrogens is 2. The van der Waals surface area contributed by atoms with E-state index in [1.54, 1.807) is 36.4 Å². The molecule has 38 heavy (non-hydrogen) atoms. The summed E-state index contributed by atoms with van der Waals surface area (Å²) in [7, 11) is 0. The quantitative estimate of drug-likeness (QED) is 0.281. The first-order valence-electron chi connectivity index (χ1n) is 12.2. The number of fused-ring (bicyclic) bond motifs is 2. The zero-order valence-corrected chi connectivity index (χ0v) is 21.4. The zero-order valence-electron chi connectivity index (χ0n) is 20.6. The molecule has 5 rings (SSSR count). The number of aliphatic hydroxyl groups is 1. The molecule has 9 heteroatoms. The maximum atomic E-state index is 12.4. The van der Waals surface area contributed by atoms with Gasteiger partial charge in [0.05, 0.1) is 24.2 Å². The Morgan fingerprint density at radius 1 is 1.13 bits per heavy atom. The minimum atomic E-state index is -1.69. The highest BCUT2D eigenvalue weighted by Gasteiger charge is 2.52. The number of para-hydroxylation sites is 1. The van der Waals surface area contributed by atoms with Crippen molar-refractivity contribution >= 4 is 39.7 Å². The molecule has 0 fully saturated rings. The number of aryl methyl sites for hydroxylation is 1. The number of nitriles is 1. The van der Waals surface area contributed by atoms with Crippen molar-refractivity contribution in [2.45, 2.75) is 36.9 Å². The number of nitrogens with zero attached hydrogens (tertiary/aromatic N) is 3. The lowest BCUT2D eigenvalue weighted by Crippen LogP contribution is -2.50. The average molecular weight is 528 g/mol. The van der Waals surface area contributed by atoms with Gasteiger partial charge in [0.15, 0.2) is 22.2 Å². The Labute approximate surface area is 223 Å². The smallest absolute Gasteiger partial charge is 0.304 e. The van der Waals surface area contributed by atoms with E-state index in [0.29, 0.717) is 34.3 Å². The lowest BCUT2D eigenvalue weighted by molar-refractivity contribution is -0.136. The monoisotopic (exact) mass is 527 g/mol. The van der Waals surface area contributed by atoms with E-state index in [1.165, 1.54) is 11.8 Å². The van der Waals surface area contributed by atoms with Crippen molar-refractivity contribution in [1.29, 1.82) is 5.26 Å². The summed E-state index contributed by atoms with van der Waals surface area (Å²) in [5.74, 6) is -0.795. The maximum Gasteiger partial charge on any atom is 0.304 e. The molecule has 0 amide bonds. The van der Waals surface area contributed by atoms with E-state index in [0.717, 1.165) is 10.9 Å². The van der Waals surface area contributed by atoms with Crippen LogP contribution >= 0.6 is 11.8 Å². The first-order chi connectivity index (χ1) is 18.4. The van der Waals surface area contributed by atoms with Gasteiger partial charge in [-0.05, 0) is 47.9 Å². The fourth-order valence-electron chi connectivity index (χ4n) is 4.73. The van der Waals surface area contributed by atoms with Crippen molar-refractivity contribution in [2.75, 3.05) is 5.75 Å². The summed E-state index contributed by atoms with van der Waals surface area (Å²) in [5, 5.41) is 32.0. The fraction of sp³-hybridized carbons (Fsp3) is 0.241. The Kier molecular flexibility index (Phi) is 7.04. The molecule has 2 heterocycles. The second-order valence-corrected chi connectivity index (χ2v) is 10.2. The van der Waals surface area contributed by atoms with E-state index < -0.39 is 16.5 Å². The fourth-order valence-corrected chi connectivity index (χ4v) is 6.02. The Hall–Kier alpha value is -3.97. The Bertz CT molecular complexity index is 1620. The van der Waals surface area contributed by atoms with Gasteiger partial charge in [-0.15, -0.1) is 11.8 Å². The third-order valence-corrected chi connectivity index (χ3v) is 7.95. The maximum absolute atomic E-state index is 12.4. The van der Waals surface area contributed by atoms with Crippen LogP contribution < -0.4 is 0 Å². The van der Waals surface area contributed by atoms with E-state index in [2.05, 4.69) is 4.98 Å². The van der Waals surface area contributed by atoms with Gasteiger partial charge in [-0.25, -0.2) is 0 Å². The number of carboxylic acids is 1. The number of benzene rings is 2. The van der Waals surface area contributed by atoms with Crippen LogP contribution in [0.3, 0.4) is 0 Å². The van der Waals surface area contributed by atoms with Crippen LogP contribution in [0.15, 0.2) is 77.3 Å². The summed E-state index contributed by atoms with van der Waals surface area (Å²) in [6, 6.07) is 17.0. The summed E-state index contributed by atoms with van der Waals surface area (Å²) in [4.78, 5) is 19.0. The highest BCUT2D eigenvalue weighted by Crippen LogP contribution is 2.50. The normalized spacial score (nSPS) is 20.7. The average Bonchev–Trinajstić information content (AvgIpc) is 3.36. The standard InChI is InChI=1S/C29H25N3O5S/c1-2-21-22(11-12-24-27(21)32-25(17-30)37-24)28(35)14-5-6-15-29(28,38-16-13-26(33)34)36-18-20-10-9-19-7-3-4-8-23(19)31-20/h3-12,14-15,35H,2,13,16,18H2,1H3,(H,33,34). The van der Waals surface area contributed by atoms with Gasteiger partial charge in [0.2, 0.25) is 0 Å². The number of pyridine rings is 1. The summed E-state index contributed by atoms with van der Waals surface area (Å²) in [5.41, 5.74) is 2.02. The molecule has 0 radical (unpaired) electrons. The molecule has 1 aliphatic carbocycles. The molecule has 192 valence electrons. The number of rotatable bonds is 9. The SMILES string of the molecule is CCc1c(C2(O)C=CC=CC2(OCc2ccc3ccccc3n2)SCCC(=O)O)ccc2oc(C#N)nc12. The van der Waals surface area contributed by atoms with Crippen LogP contribution in [-0.2, 0) is 28.2 Å². The topological polar surface area (TPSA) is 129 Å². The third-order valence-electron chi connectivity index (χ3n) is 6.54. The Balaban J connectivity index is 1.59. The molecule has 2 atom stereocenters. The number of aliphatic carboxylic acids is 1. The summed E-state index contributed by atoms with van der Waals surface area (Å²) in [6.45, 7) is 2.02. The molecule has 0 bridgehead atoms.